The molecule has 6 nitrogen and oxygen atoms in total. The van der Waals surface area contributed by atoms with Crippen molar-refractivity contribution in [3.05, 3.63) is 36.7 Å². The maximum Gasteiger partial charge on any atom is 0.573 e. The highest BCUT2D eigenvalue weighted by Gasteiger charge is 2.51. The first-order valence-corrected chi connectivity index (χ1v) is 7.19. The number of amides is 1. The van der Waals surface area contributed by atoms with Gasteiger partial charge in [-0.2, -0.15) is 0 Å². The fraction of sp³-hybridized carbons (Fsp3) is 0.267. The van der Waals surface area contributed by atoms with Crippen molar-refractivity contribution in [3.63, 3.8) is 0 Å². The molecule has 1 heterocycles. The molecule has 0 bridgehead atoms. The van der Waals surface area contributed by atoms with Gasteiger partial charge in [-0.15, -0.1) is 13.2 Å². The second kappa shape index (κ2) is 6.19. The lowest BCUT2D eigenvalue weighted by molar-refractivity contribution is -0.274. The molecule has 0 atom stereocenters. The lowest BCUT2D eigenvalue weighted by Crippen LogP contribution is -2.37. The summed E-state index contributed by atoms with van der Waals surface area (Å²) in [5, 5.41) is 0. The second-order valence-corrected chi connectivity index (χ2v) is 5.40. The normalized spacial score (nSPS) is 15.4. The molecule has 1 saturated carbocycles. The minimum Gasteiger partial charge on any atom is -0.406 e. The molecule has 10 heteroatoms. The van der Waals surface area contributed by atoms with E-state index in [2.05, 4.69) is 25.6 Å². The quantitative estimate of drug-likeness (QED) is 0.636. The Bertz CT molecular complexity index is 759. The zero-order chi connectivity index (χ0) is 18.1. The third kappa shape index (κ3) is 4.34. The standard InChI is InChI=1S/C15H12F4N4O2/c16-14(5-6-14)13(24)23-22-12-8-20-11(7-21-12)9-1-3-10(4-2-9)25-15(17,18)19/h1-4,7-8H,5-6H2,(H,21,22)(H,23,24). The minimum atomic E-state index is -4.75. The summed E-state index contributed by atoms with van der Waals surface area (Å²) in [6.45, 7) is 0. The Labute approximate surface area is 139 Å². The van der Waals surface area contributed by atoms with Gasteiger partial charge in [0.05, 0.1) is 18.1 Å². The summed E-state index contributed by atoms with van der Waals surface area (Å²) in [5.41, 5.74) is 3.77. The van der Waals surface area contributed by atoms with Gasteiger partial charge in [0.25, 0.3) is 5.91 Å². The van der Waals surface area contributed by atoms with Crippen LogP contribution in [0.25, 0.3) is 11.3 Å². The second-order valence-electron chi connectivity index (χ2n) is 5.40. The SMILES string of the molecule is O=C(NNc1cnc(-c2ccc(OC(F)(F)F)cc2)cn1)C1(F)CC1. The summed E-state index contributed by atoms with van der Waals surface area (Å²) in [7, 11) is 0. The van der Waals surface area contributed by atoms with Gasteiger partial charge in [-0.05, 0) is 37.1 Å². The minimum absolute atomic E-state index is 0.193. The predicted molar refractivity (Wildman–Crippen MR) is 79.0 cm³/mol. The number of benzene rings is 1. The van der Waals surface area contributed by atoms with E-state index >= 15 is 0 Å². The molecule has 1 aliphatic carbocycles. The van der Waals surface area contributed by atoms with Gasteiger partial charge in [-0.25, -0.2) is 9.37 Å². The highest BCUT2D eigenvalue weighted by molar-refractivity contribution is 5.88. The molecular weight excluding hydrogens is 344 g/mol. The number of nitrogens with one attached hydrogen (secondary N) is 2. The molecule has 132 valence electrons. The highest BCUT2D eigenvalue weighted by Crippen LogP contribution is 2.39. The third-order valence-electron chi connectivity index (χ3n) is 3.44. The van der Waals surface area contributed by atoms with Crippen molar-refractivity contribution in [1.29, 1.82) is 0 Å². The molecule has 2 N–H and O–H groups in total. The van der Waals surface area contributed by atoms with E-state index in [-0.39, 0.29) is 24.4 Å². The number of alkyl halides is 4. The van der Waals surface area contributed by atoms with Crippen molar-refractivity contribution in [2.75, 3.05) is 5.43 Å². The Hall–Kier alpha value is -2.91. The van der Waals surface area contributed by atoms with E-state index in [1.54, 1.807) is 0 Å². The Morgan fingerprint density at radius 2 is 1.80 bits per heavy atom. The lowest BCUT2D eigenvalue weighted by Gasteiger charge is -2.10. The summed E-state index contributed by atoms with van der Waals surface area (Å²) >= 11 is 0. The van der Waals surface area contributed by atoms with Crippen LogP contribution in [0.5, 0.6) is 5.75 Å². The predicted octanol–water partition coefficient (Wildman–Crippen LogP) is 2.99. The summed E-state index contributed by atoms with van der Waals surface area (Å²) in [6.07, 6.45) is -1.71. The van der Waals surface area contributed by atoms with Gasteiger partial charge in [-0.1, -0.05) is 0 Å². The van der Waals surface area contributed by atoms with Gasteiger partial charge in [0.2, 0.25) is 0 Å². The number of hydrogen-bond acceptors (Lipinski definition) is 5. The number of aromatic nitrogens is 2. The first kappa shape index (κ1) is 16.9. The van der Waals surface area contributed by atoms with Crippen LogP contribution in [0.1, 0.15) is 12.8 Å². The molecule has 0 saturated heterocycles. The number of ether oxygens (including phenoxy) is 1. The topological polar surface area (TPSA) is 76.1 Å². The zero-order valence-electron chi connectivity index (χ0n) is 12.6. The highest BCUT2D eigenvalue weighted by atomic mass is 19.4. The van der Waals surface area contributed by atoms with Crippen LogP contribution in [0.2, 0.25) is 0 Å². The molecule has 0 spiro atoms. The first-order valence-electron chi connectivity index (χ1n) is 7.19. The van der Waals surface area contributed by atoms with Crippen molar-refractivity contribution in [2.24, 2.45) is 0 Å². The first-order chi connectivity index (χ1) is 11.8. The Morgan fingerprint density at radius 3 is 2.32 bits per heavy atom. The van der Waals surface area contributed by atoms with E-state index in [9.17, 15) is 22.4 Å². The van der Waals surface area contributed by atoms with E-state index < -0.39 is 17.9 Å². The van der Waals surface area contributed by atoms with Crippen molar-refractivity contribution in [3.8, 4) is 17.0 Å². The van der Waals surface area contributed by atoms with E-state index in [4.69, 9.17) is 0 Å². The molecule has 1 aromatic heterocycles. The summed E-state index contributed by atoms with van der Waals surface area (Å²) < 4.78 is 53.6. The van der Waals surface area contributed by atoms with E-state index in [1.807, 2.05) is 0 Å². The van der Waals surface area contributed by atoms with Crippen molar-refractivity contribution < 1.29 is 27.1 Å². The van der Waals surface area contributed by atoms with Crippen molar-refractivity contribution >= 4 is 11.7 Å². The average Bonchev–Trinajstić information content (AvgIpc) is 3.31. The summed E-state index contributed by atoms with van der Waals surface area (Å²) in [5.74, 6) is -0.914. The Kier molecular flexibility index (Phi) is 4.19. The monoisotopic (exact) mass is 356 g/mol. The molecule has 3 rings (SSSR count). The van der Waals surface area contributed by atoms with Crippen LogP contribution in [0.4, 0.5) is 23.4 Å². The van der Waals surface area contributed by atoms with Crippen LogP contribution in [0.3, 0.4) is 0 Å². The molecule has 0 aliphatic heterocycles. The molecular formula is C15H12F4N4O2. The number of carbonyl (C=O) groups is 1. The fourth-order valence-corrected chi connectivity index (χ4v) is 1.94. The number of hydrazine groups is 1. The van der Waals surface area contributed by atoms with Crippen molar-refractivity contribution in [1.82, 2.24) is 15.4 Å². The molecule has 1 aliphatic rings. The maximum absolute atomic E-state index is 13.4. The van der Waals surface area contributed by atoms with Crippen LogP contribution < -0.4 is 15.6 Å². The van der Waals surface area contributed by atoms with E-state index in [1.165, 1.54) is 24.5 Å². The number of rotatable bonds is 5. The smallest absolute Gasteiger partial charge is 0.406 e. The molecule has 1 aromatic carbocycles. The van der Waals surface area contributed by atoms with Gasteiger partial charge >= 0.3 is 6.36 Å². The Morgan fingerprint density at radius 1 is 1.12 bits per heavy atom. The van der Waals surface area contributed by atoms with Gasteiger partial charge in [-0.3, -0.25) is 20.6 Å². The number of hydrogen-bond donors (Lipinski definition) is 2. The molecule has 0 radical (unpaired) electrons. The Balaban J connectivity index is 1.61. The molecule has 25 heavy (non-hydrogen) atoms. The number of anilines is 1. The van der Waals surface area contributed by atoms with Gasteiger partial charge in [0, 0.05) is 5.56 Å². The van der Waals surface area contributed by atoms with Crippen LogP contribution in [-0.2, 0) is 4.79 Å². The summed E-state index contributed by atoms with van der Waals surface area (Å²) in [6, 6.07) is 5.13. The zero-order valence-corrected chi connectivity index (χ0v) is 12.6. The third-order valence-corrected chi connectivity index (χ3v) is 3.44. The van der Waals surface area contributed by atoms with Gasteiger partial charge in [0.1, 0.15) is 5.75 Å². The van der Waals surface area contributed by atoms with Crippen LogP contribution in [-0.4, -0.2) is 27.9 Å². The molecule has 1 amide bonds. The van der Waals surface area contributed by atoms with Crippen molar-refractivity contribution in [2.45, 2.75) is 24.9 Å². The fourth-order valence-electron chi connectivity index (χ4n) is 1.94. The maximum atomic E-state index is 13.4. The average molecular weight is 356 g/mol. The molecule has 0 unspecified atom stereocenters. The number of nitrogens with zero attached hydrogens (tertiary/aromatic N) is 2. The van der Waals surface area contributed by atoms with Crippen LogP contribution in [0, 0.1) is 0 Å². The summed E-state index contributed by atoms with van der Waals surface area (Å²) in [4.78, 5) is 19.5. The lowest BCUT2D eigenvalue weighted by atomic mass is 10.1. The molecule has 2 aromatic rings. The number of halogens is 4. The van der Waals surface area contributed by atoms with Gasteiger partial charge in [0.15, 0.2) is 11.5 Å². The van der Waals surface area contributed by atoms with E-state index in [0.29, 0.717) is 11.3 Å². The number of carbonyl (C=O) groups excluding carboxylic acids is 1. The van der Waals surface area contributed by atoms with Crippen LogP contribution in [0.15, 0.2) is 36.7 Å². The van der Waals surface area contributed by atoms with Gasteiger partial charge < -0.3 is 4.74 Å². The molecule has 1 fully saturated rings. The van der Waals surface area contributed by atoms with Crippen LogP contribution >= 0.6 is 0 Å². The van der Waals surface area contributed by atoms with E-state index in [0.717, 1.165) is 12.1 Å². The largest absolute Gasteiger partial charge is 0.573 e.